The zero-order valence-electron chi connectivity index (χ0n) is 10.5. The van der Waals surface area contributed by atoms with Gasteiger partial charge < -0.3 is 20.1 Å². The molecule has 1 aliphatic heterocycles. The fourth-order valence-electron chi connectivity index (χ4n) is 2.07. The highest BCUT2D eigenvalue weighted by atomic mass is 16.5. The first-order chi connectivity index (χ1) is 8.20. The SMILES string of the molecule is COCCOC1CN(c2ccc(N)cc2C)C1. The number of hydrogen-bond acceptors (Lipinski definition) is 4. The molecule has 1 aliphatic rings. The van der Waals surface area contributed by atoms with Crippen LogP contribution >= 0.6 is 0 Å². The Bertz CT molecular complexity index is 376. The first kappa shape index (κ1) is 12.2. The van der Waals surface area contributed by atoms with E-state index in [9.17, 15) is 0 Å². The van der Waals surface area contributed by atoms with Crippen molar-refractivity contribution >= 4 is 11.4 Å². The fraction of sp³-hybridized carbons (Fsp3) is 0.538. The maximum atomic E-state index is 5.74. The van der Waals surface area contributed by atoms with Crippen molar-refractivity contribution in [2.75, 3.05) is 44.0 Å². The van der Waals surface area contributed by atoms with Gasteiger partial charge in [0.1, 0.15) is 0 Å². The third-order valence-corrected chi connectivity index (χ3v) is 3.05. The van der Waals surface area contributed by atoms with Gasteiger partial charge in [-0.3, -0.25) is 0 Å². The number of benzene rings is 1. The molecular weight excluding hydrogens is 216 g/mol. The van der Waals surface area contributed by atoms with Crippen molar-refractivity contribution in [3.8, 4) is 0 Å². The first-order valence-electron chi connectivity index (χ1n) is 5.92. The molecule has 1 aromatic rings. The van der Waals surface area contributed by atoms with Gasteiger partial charge in [-0.05, 0) is 30.7 Å². The monoisotopic (exact) mass is 236 g/mol. The Balaban J connectivity index is 1.82. The minimum Gasteiger partial charge on any atom is -0.399 e. The van der Waals surface area contributed by atoms with Crippen LogP contribution in [-0.4, -0.2) is 39.5 Å². The summed E-state index contributed by atoms with van der Waals surface area (Å²) in [5.74, 6) is 0. The van der Waals surface area contributed by atoms with E-state index < -0.39 is 0 Å². The smallest absolute Gasteiger partial charge is 0.0925 e. The molecule has 0 unspecified atom stereocenters. The lowest BCUT2D eigenvalue weighted by Gasteiger charge is -2.41. The molecule has 0 bridgehead atoms. The Hall–Kier alpha value is -1.26. The largest absolute Gasteiger partial charge is 0.399 e. The van der Waals surface area contributed by atoms with E-state index in [0.717, 1.165) is 18.8 Å². The van der Waals surface area contributed by atoms with E-state index in [-0.39, 0.29) is 0 Å². The zero-order valence-corrected chi connectivity index (χ0v) is 10.5. The van der Waals surface area contributed by atoms with Crippen LogP contribution in [0.5, 0.6) is 0 Å². The summed E-state index contributed by atoms with van der Waals surface area (Å²) in [5, 5.41) is 0. The van der Waals surface area contributed by atoms with Crippen molar-refractivity contribution in [3.63, 3.8) is 0 Å². The van der Waals surface area contributed by atoms with E-state index in [2.05, 4.69) is 17.9 Å². The number of ether oxygens (including phenoxy) is 2. The highest BCUT2D eigenvalue weighted by Crippen LogP contribution is 2.27. The van der Waals surface area contributed by atoms with Crippen LogP contribution in [-0.2, 0) is 9.47 Å². The molecular formula is C13H20N2O2. The summed E-state index contributed by atoms with van der Waals surface area (Å²) in [6, 6.07) is 6.03. The lowest BCUT2D eigenvalue weighted by molar-refractivity contribution is 0.00397. The number of aryl methyl sites for hydroxylation is 1. The van der Waals surface area contributed by atoms with Crippen molar-refractivity contribution in [2.24, 2.45) is 0 Å². The molecule has 0 atom stereocenters. The van der Waals surface area contributed by atoms with Crippen molar-refractivity contribution in [1.82, 2.24) is 0 Å². The molecule has 17 heavy (non-hydrogen) atoms. The summed E-state index contributed by atoms with van der Waals surface area (Å²) in [4.78, 5) is 2.31. The van der Waals surface area contributed by atoms with Gasteiger partial charge in [0.15, 0.2) is 0 Å². The molecule has 4 heteroatoms. The Kier molecular flexibility index (Phi) is 3.86. The van der Waals surface area contributed by atoms with Crippen molar-refractivity contribution in [3.05, 3.63) is 23.8 Å². The molecule has 0 spiro atoms. The molecule has 4 nitrogen and oxygen atoms in total. The van der Waals surface area contributed by atoms with Gasteiger partial charge in [0.2, 0.25) is 0 Å². The number of nitrogen functional groups attached to an aromatic ring is 1. The number of methoxy groups -OCH3 is 1. The first-order valence-corrected chi connectivity index (χ1v) is 5.92. The summed E-state index contributed by atoms with van der Waals surface area (Å²) < 4.78 is 10.6. The van der Waals surface area contributed by atoms with Gasteiger partial charge in [0.05, 0.1) is 19.3 Å². The van der Waals surface area contributed by atoms with E-state index in [1.165, 1.54) is 11.3 Å². The van der Waals surface area contributed by atoms with Gasteiger partial charge in [-0.2, -0.15) is 0 Å². The van der Waals surface area contributed by atoms with Crippen LogP contribution in [0.25, 0.3) is 0 Å². The van der Waals surface area contributed by atoms with Gasteiger partial charge in [-0.25, -0.2) is 0 Å². The predicted octanol–water partition coefficient (Wildman–Crippen LogP) is 1.43. The third-order valence-electron chi connectivity index (χ3n) is 3.05. The molecule has 1 fully saturated rings. The van der Waals surface area contributed by atoms with Crippen molar-refractivity contribution < 1.29 is 9.47 Å². The second kappa shape index (κ2) is 5.38. The van der Waals surface area contributed by atoms with Crippen LogP contribution in [0, 0.1) is 6.92 Å². The van der Waals surface area contributed by atoms with E-state index in [4.69, 9.17) is 15.2 Å². The Labute approximate surface area is 102 Å². The van der Waals surface area contributed by atoms with E-state index in [0.29, 0.717) is 19.3 Å². The standard InChI is InChI=1S/C13H20N2O2/c1-10-7-11(14)3-4-13(10)15-8-12(9-15)17-6-5-16-2/h3-4,7,12H,5-6,8-9,14H2,1-2H3. The summed E-state index contributed by atoms with van der Waals surface area (Å²) in [6.45, 7) is 5.33. The van der Waals surface area contributed by atoms with Gasteiger partial charge >= 0.3 is 0 Å². The van der Waals surface area contributed by atoms with Crippen molar-refractivity contribution in [1.29, 1.82) is 0 Å². The van der Waals surface area contributed by atoms with Crippen LogP contribution in [0.2, 0.25) is 0 Å². The molecule has 2 rings (SSSR count). The number of nitrogens with zero attached hydrogens (tertiary/aromatic N) is 1. The molecule has 0 saturated carbocycles. The number of hydrogen-bond donors (Lipinski definition) is 1. The highest BCUT2D eigenvalue weighted by molar-refractivity contribution is 5.60. The van der Waals surface area contributed by atoms with Crippen LogP contribution in [0.4, 0.5) is 11.4 Å². The predicted molar refractivity (Wildman–Crippen MR) is 69.4 cm³/mol. The molecule has 0 amide bonds. The van der Waals surface area contributed by atoms with Crippen LogP contribution < -0.4 is 10.6 Å². The minimum absolute atomic E-state index is 0.335. The fourth-order valence-corrected chi connectivity index (χ4v) is 2.07. The van der Waals surface area contributed by atoms with Gasteiger partial charge in [-0.15, -0.1) is 0 Å². The Morgan fingerprint density at radius 2 is 2.12 bits per heavy atom. The quantitative estimate of drug-likeness (QED) is 0.620. The van der Waals surface area contributed by atoms with Gasteiger partial charge in [0, 0.05) is 31.6 Å². The van der Waals surface area contributed by atoms with Crippen molar-refractivity contribution in [2.45, 2.75) is 13.0 Å². The summed E-state index contributed by atoms with van der Waals surface area (Å²) in [7, 11) is 1.69. The van der Waals surface area contributed by atoms with Crippen LogP contribution in [0.1, 0.15) is 5.56 Å². The van der Waals surface area contributed by atoms with Crippen LogP contribution in [0.3, 0.4) is 0 Å². The highest BCUT2D eigenvalue weighted by Gasteiger charge is 2.28. The number of nitrogens with two attached hydrogens (primary N) is 1. The number of anilines is 2. The summed E-state index contributed by atoms with van der Waals surface area (Å²) in [5.41, 5.74) is 9.04. The Morgan fingerprint density at radius 3 is 2.76 bits per heavy atom. The second-order valence-corrected chi connectivity index (χ2v) is 4.44. The maximum absolute atomic E-state index is 5.74. The molecule has 0 aromatic heterocycles. The molecule has 1 aromatic carbocycles. The topological polar surface area (TPSA) is 47.7 Å². The summed E-state index contributed by atoms with van der Waals surface area (Å²) >= 11 is 0. The molecule has 1 saturated heterocycles. The summed E-state index contributed by atoms with van der Waals surface area (Å²) in [6.07, 6.45) is 0.335. The van der Waals surface area contributed by atoms with E-state index in [1.54, 1.807) is 7.11 Å². The molecule has 94 valence electrons. The molecule has 0 aliphatic carbocycles. The van der Waals surface area contributed by atoms with Gasteiger partial charge in [-0.1, -0.05) is 0 Å². The Morgan fingerprint density at radius 1 is 1.35 bits per heavy atom. The van der Waals surface area contributed by atoms with E-state index >= 15 is 0 Å². The lowest BCUT2D eigenvalue weighted by atomic mass is 10.1. The number of rotatable bonds is 5. The molecule has 2 N–H and O–H groups in total. The third kappa shape index (κ3) is 2.90. The molecule has 1 heterocycles. The maximum Gasteiger partial charge on any atom is 0.0925 e. The lowest BCUT2D eigenvalue weighted by Crippen LogP contribution is -2.52. The normalized spacial score (nSPS) is 16.0. The zero-order chi connectivity index (χ0) is 12.3. The average Bonchev–Trinajstić information content (AvgIpc) is 2.23. The molecule has 0 radical (unpaired) electrons. The minimum atomic E-state index is 0.335. The van der Waals surface area contributed by atoms with Gasteiger partial charge in [0.25, 0.3) is 0 Å². The second-order valence-electron chi connectivity index (χ2n) is 4.44. The van der Waals surface area contributed by atoms with E-state index in [1.807, 2.05) is 12.1 Å². The van der Waals surface area contributed by atoms with Crippen LogP contribution in [0.15, 0.2) is 18.2 Å². The average molecular weight is 236 g/mol.